The van der Waals surface area contributed by atoms with Gasteiger partial charge in [-0.15, -0.1) is 0 Å². The lowest BCUT2D eigenvalue weighted by atomic mass is 9.93. The van der Waals surface area contributed by atoms with Gasteiger partial charge in [-0.05, 0) is 12.5 Å². The van der Waals surface area contributed by atoms with Gasteiger partial charge in [0.25, 0.3) is 0 Å². The van der Waals surface area contributed by atoms with Crippen molar-refractivity contribution in [2.75, 3.05) is 19.8 Å². The topological polar surface area (TPSA) is 75.8 Å². The Hall–Kier alpha value is -1.43. The first-order valence-corrected chi connectivity index (χ1v) is 7.38. The zero-order chi connectivity index (χ0) is 15.4. The molecule has 4 unspecified atom stereocenters. The number of amides is 1. The number of nitrogens with zero attached hydrogens (tertiary/aromatic N) is 1. The molecule has 1 saturated heterocycles. The van der Waals surface area contributed by atoms with E-state index in [1.165, 1.54) is 0 Å². The summed E-state index contributed by atoms with van der Waals surface area (Å²) in [4.78, 5) is 14.5. The molecule has 0 bridgehead atoms. The van der Waals surface area contributed by atoms with E-state index in [1.807, 2.05) is 44.2 Å². The lowest BCUT2D eigenvalue weighted by molar-refractivity contribution is -0.150. The number of benzene rings is 1. The van der Waals surface area contributed by atoms with E-state index in [1.54, 1.807) is 4.90 Å². The second kappa shape index (κ2) is 7.02. The fraction of sp³-hybridized carbons (Fsp3) is 0.562. The lowest BCUT2D eigenvalue weighted by Crippen LogP contribution is -2.54. The van der Waals surface area contributed by atoms with Crippen LogP contribution in [-0.2, 0) is 9.53 Å². The first-order chi connectivity index (χ1) is 10.0. The highest BCUT2D eigenvalue weighted by atomic mass is 16.5. The van der Waals surface area contributed by atoms with Crippen molar-refractivity contribution in [2.45, 2.75) is 32.0 Å². The molecule has 0 saturated carbocycles. The Labute approximate surface area is 125 Å². The lowest BCUT2D eigenvalue weighted by Gasteiger charge is -2.39. The van der Waals surface area contributed by atoms with Crippen molar-refractivity contribution in [3.63, 3.8) is 0 Å². The molecule has 3 N–H and O–H groups in total. The van der Waals surface area contributed by atoms with Crippen molar-refractivity contribution in [1.82, 2.24) is 4.90 Å². The van der Waals surface area contributed by atoms with Crippen LogP contribution in [0.1, 0.15) is 25.5 Å². The Morgan fingerprint density at radius 2 is 2.14 bits per heavy atom. The van der Waals surface area contributed by atoms with Gasteiger partial charge < -0.3 is 20.5 Å². The molecule has 5 nitrogen and oxygen atoms in total. The normalized spacial score (nSPS) is 25.4. The molecule has 0 spiro atoms. The van der Waals surface area contributed by atoms with E-state index in [4.69, 9.17) is 10.5 Å². The molecule has 2 rings (SSSR count). The minimum atomic E-state index is -0.332. The molecule has 1 fully saturated rings. The van der Waals surface area contributed by atoms with Gasteiger partial charge in [-0.2, -0.15) is 0 Å². The fourth-order valence-corrected chi connectivity index (χ4v) is 2.61. The van der Waals surface area contributed by atoms with Crippen LogP contribution in [0.15, 0.2) is 30.3 Å². The quantitative estimate of drug-likeness (QED) is 0.865. The van der Waals surface area contributed by atoms with Crippen molar-refractivity contribution in [1.29, 1.82) is 0 Å². The molecule has 1 aromatic rings. The van der Waals surface area contributed by atoms with Crippen molar-refractivity contribution in [2.24, 2.45) is 11.7 Å². The summed E-state index contributed by atoms with van der Waals surface area (Å²) >= 11 is 0. The van der Waals surface area contributed by atoms with Gasteiger partial charge >= 0.3 is 0 Å². The molecule has 1 amide bonds. The average molecular weight is 292 g/mol. The minimum absolute atomic E-state index is 0.00530. The number of carbonyl (C=O) groups is 1. The third-order valence-electron chi connectivity index (χ3n) is 4.10. The Morgan fingerprint density at radius 1 is 1.48 bits per heavy atom. The molecule has 4 atom stereocenters. The number of aliphatic hydroxyl groups is 1. The van der Waals surface area contributed by atoms with Crippen LogP contribution in [0.4, 0.5) is 0 Å². The van der Waals surface area contributed by atoms with E-state index in [0.29, 0.717) is 13.2 Å². The number of aliphatic hydroxyl groups excluding tert-OH is 1. The minimum Gasteiger partial charge on any atom is -0.394 e. The summed E-state index contributed by atoms with van der Waals surface area (Å²) in [5.74, 6) is -0.298. The van der Waals surface area contributed by atoms with E-state index in [9.17, 15) is 9.90 Å². The monoisotopic (exact) mass is 292 g/mol. The van der Waals surface area contributed by atoms with Gasteiger partial charge in [-0.1, -0.05) is 37.3 Å². The van der Waals surface area contributed by atoms with Gasteiger partial charge in [-0.25, -0.2) is 0 Å². The smallest absolute Gasteiger partial charge is 0.227 e. The summed E-state index contributed by atoms with van der Waals surface area (Å²) in [5.41, 5.74) is 7.19. The Bertz CT molecular complexity index is 466. The van der Waals surface area contributed by atoms with Crippen LogP contribution in [0.5, 0.6) is 0 Å². The van der Waals surface area contributed by atoms with Crippen LogP contribution in [0.2, 0.25) is 0 Å². The highest BCUT2D eigenvalue weighted by Crippen LogP contribution is 2.23. The number of hydrogen-bond donors (Lipinski definition) is 2. The fourth-order valence-electron chi connectivity index (χ4n) is 2.61. The number of morpholine rings is 1. The molecule has 1 aromatic carbocycles. The molecular formula is C16H24N2O3. The van der Waals surface area contributed by atoms with Gasteiger partial charge in [0.15, 0.2) is 0 Å². The van der Waals surface area contributed by atoms with Crippen molar-refractivity contribution in [3.05, 3.63) is 35.9 Å². The number of nitrogens with two attached hydrogens (primary N) is 1. The summed E-state index contributed by atoms with van der Waals surface area (Å²) in [6.45, 7) is 4.60. The Morgan fingerprint density at radius 3 is 2.76 bits per heavy atom. The molecule has 116 valence electrons. The highest BCUT2D eigenvalue weighted by Gasteiger charge is 2.33. The van der Waals surface area contributed by atoms with Crippen molar-refractivity contribution >= 4 is 5.91 Å². The SMILES string of the molecule is CC(C(=O)N1CC(CO)OCC1C)C(N)c1ccccc1. The molecule has 1 heterocycles. The molecule has 0 aliphatic carbocycles. The molecule has 0 aromatic heterocycles. The van der Waals surface area contributed by atoms with Gasteiger partial charge in [-0.3, -0.25) is 4.79 Å². The van der Waals surface area contributed by atoms with Crippen LogP contribution in [-0.4, -0.2) is 47.8 Å². The summed E-state index contributed by atoms with van der Waals surface area (Å²) in [7, 11) is 0. The van der Waals surface area contributed by atoms with Gasteiger partial charge in [0.2, 0.25) is 5.91 Å². The van der Waals surface area contributed by atoms with E-state index in [2.05, 4.69) is 0 Å². The number of hydrogen-bond acceptors (Lipinski definition) is 4. The third-order valence-corrected chi connectivity index (χ3v) is 4.10. The largest absolute Gasteiger partial charge is 0.394 e. The molecule has 1 aliphatic heterocycles. The third kappa shape index (κ3) is 3.61. The molecule has 1 aliphatic rings. The number of rotatable bonds is 4. The standard InChI is InChI=1S/C16H24N2O3/c1-11-10-21-14(9-19)8-18(11)16(20)12(2)15(17)13-6-4-3-5-7-13/h3-7,11-12,14-15,19H,8-10,17H2,1-2H3. The molecular weight excluding hydrogens is 268 g/mol. The number of carbonyl (C=O) groups excluding carboxylic acids is 1. The summed E-state index contributed by atoms with van der Waals surface area (Å²) in [6, 6.07) is 9.32. The highest BCUT2D eigenvalue weighted by molar-refractivity contribution is 5.80. The second-order valence-electron chi connectivity index (χ2n) is 5.70. The van der Waals surface area contributed by atoms with Crippen LogP contribution in [0.25, 0.3) is 0 Å². The van der Waals surface area contributed by atoms with Gasteiger partial charge in [0.1, 0.15) is 0 Å². The predicted molar refractivity (Wildman–Crippen MR) is 80.5 cm³/mol. The first kappa shape index (κ1) is 15.9. The van der Waals surface area contributed by atoms with Gasteiger partial charge in [0, 0.05) is 12.6 Å². The van der Waals surface area contributed by atoms with Crippen LogP contribution >= 0.6 is 0 Å². The average Bonchev–Trinajstić information content (AvgIpc) is 2.54. The molecule has 5 heteroatoms. The molecule has 0 radical (unpaired) electrons. The number of ether oxygens (including phenoxy) is 1. The zero-order valence-electron chi connectivity index (χ0n) is 12.6. The summed E-state index contributed by atoms with van der Waals surface area (Å²) in [6.07, 6.45) is -0.301. The van der Waals surface area contributed by atoms with Crippen LogP contribution in [0, 0.1) is 5.92 Å². The maximum atomic E-state index is 12.7. The summed E-state index contributed by atoms with van der Waals surface area (Å²) in [5, 5.41) is 9.21. The Balaban J connectivity index is 2.07. The van der Waals surface area contributed by atoms with Crippen molar-refractivity contribution in [3.8, 4) is 0 Å². The van der Waals surface area contributed by atoms with Gasteiger partial charge in [0.05, 0.1) is 31.3 Å². The van der Waals surface area contributed by atoms with Crippen LogP contribution in [0.3, 0.4) is 0 Å². The second-order valence-corrected chi connectivity index (χ2v) is 5.70. The van der Waals surface area contributed by atoms with E-state index < -0.39 is 0 Å². The maximum Gasteiger partial charge on any atom is 0.227 e. The summed E-state index contributed by atoms with van der Waals surface area (Å²) < 4.78 is 5.47. The Kier molecular flexibility index (Phi) is 5.33. The first-order valence-electron chi connectivity index (χ1n) is 7.38. The zero-order valence-corrected chi connectivity index (χ0v) is 12.6. The van der Waals surface area contributed by atoms with E-state index in [0.717, 1.165) is 5.56 Å². The van der Waals surface area contributed by atoms with Crippen molar-refractivity contribution < 1.29 is 14.6 Å². The van der Waals surface area contributed by atoms with E-state index >= 15 is 0 Å². The molecule has 21 heavy (non-hydrogen) atoms. The predicted octanol–water partition coefficient (Wildman–Crippen LogP) is 0.931. The van der Waals surface area contributed by atoms with Crippen LogP contribution < -0.4 is 5.73 Å². The maximum absolute atomic E-state index is 12.7. The van der Waals surface area contributed by atoms with E-state index in [-0.39, 0.29) is 36.6 Å².